The fourth-order valence-electron chi connectivity index (χ4n) is 3.78. The number of rotatable bonds is 7. The molecule has 2 aliphatic rings. The second-order valence-corrected chi connectivity index (χ2v) is 8.45. The highest BCUT2D eigenvalue weighted by atomic mass is 32.1. The largest absolute Gasteiger partial charge is 0.463 e. The Morgan fingerprint density at radius 1 is 1.06 bits per heavy atom. The molecule has 0 fully saturated rings. The number of amides is 4. The number of benzene rings is 1. The van der Waals surface area contributed by atoms with Crippen LogP contribution < -0.4 is 10.6 Å². The molecule has 11 heteroatoms. The van der Waals surface area contributed by atoms with Crippen LogP contribution in [0.4, 0.5) is 4.79 Å². The average molecular weight is 484 g/mol. The summed E-state index contributed by atoms with van der Waals surface area (Å²) in [6.07, 6.45) is 0. The van der Waals surface area contributed by atoms with Crippen LogP contribution in [-0.2, 0) is 19.1 Å². The van der Waals surface area contributed by atoms with Gasteiger partial charge in [-0.3, -0.25) is 14.5 Å². The molecule has 0 spiro atoms. The molecule has 2 aromatic rings. The number of esters is 2. The van der Waals surface area contributed by atoms with Gasteiger partial charge in [0.05, 0.1) is 35.0 Å². The van der Waals surface area contributed by atoms with Crippen molar-refractivity contribution in [1.29, 1.82) is 0 Å². The Hall–Kier alpha value is -3.99. The Balaban J connectivity index is 1.55. The van der Waals surface area contributed by atoms with Crippen LogP contribution in [0.1, 0.15) is 45.5 Å². The molecular formula is C23H21N3O7S. The summed E-state index contributed by atoms with van der Waals surface area (Å²) in [4.78, 5) is 64.6. The van der Waals surface area contributed by atoms with E-state index in [2.05, 4.69) is 10.6 Å². The molecule has 1 aromatic heterocycles. The molecule has 1 aromatic carbocycles. The van der Waals surface area contributed by atoms with Gasteiger partial charge in [0.2, 0.25) is 0 Å². The first-order valence-corrected chi connectivity index (χ1v) is 11.4. The fraction of sp³-hybridized carbons (Fsp3) is 0.261. The highest BCUT2D eigenvalue weighted by Crippen LogP contribution is 2.31. The van der Waals surface area contributed by atoms with E-state index < -0.39 is 48.5 Å². The van der Waals surface area contributed by atoms with E-state index in [0.717, 1.165) is 4.90 Å². The first-order valence-electron chi connectivity index (χ1n) is 10.5. The van der Waals surface area contributed by atoms with Crippen molar-refractivity contribution in [3.05, 3.63) is 69.1 Å². The van der Waals surface area contributed by atoms with Gasteiger partial charge in [0, 0.05) is 4.88 Å². The molecule has 176 valence electrons. The van der Waals surface area contributed by atoms with Gasteiger partial charge in [-0.15, -0.1) is 11.3 Å². The normalized spacial score (nSPS) is 18.2. The molecule has 34 heavy (non-hydrogen) atoms. The van der Waals surface area contributed by atoms with Gasteiger partial charge >= 0.3 is 18.0 Å². The third-order valence-electron chi connectivity index (χ3n) is 5.39. The molecule has 0 aliphatic carbocycles. The van der Waals surface area contributed by atoms with Crippen molar-refractivity contribution in [2.24, 2.45) is 0 Å². The highest BCUT2D eigenvalue weighted by molar-refractivity contribution is 7.10. The minimum Gasteiger partial charge on any atom is -0.463 e. The van der Waals surface area contributed by atoms with Crippen molar-refractivity contribution in [2.45, 2.75) is 25.9 Å². The summed E-state index contributed by atoms with van der Waals surface area (Å²) in [6.45, 7) is 2.67. The van der Waals surface area contributed by atoms with Gasteiger partial charge in [0.25, 0.3) is 11.8 Å². The number of carbonyl (C=O) groups excluding carboxylic acids is 5. The van der Waals surface area contributed by atoms with Crippen LogP contribution in [0.5, 0.6) is 0 Å². The van der Waals surface area contributed by atoms with Crippen LogP contribution in [0.2, 0.25) is 0 Å². The zero-order valence-corrected chi connectivity index (χ0v) is 19.1. The maximum Gasteiger partial charge on any atom is 0.338 e. The summed E-state index contributed by atoms with van der Waals surface area (Å²) in [6, 6.07) is 7.24. The standard InChI is InChI=1S/C23H21N3O7S/c1-3-32-22(30)17-15(24-23(31)25-18(17)16-9-6-10-34-16)11-33-21(29)12(2)26-19(27)13-7-4-5-8-14(13)20(26)28/h4-10,12,18H,3,11H2,1-2H3,(H2,24,25,31). The van der Waals surface area contributed by atoms with E-state index in [1.807, 2.05) is 0 Å². The zero-order valence-electron chi connectivity index (χ0n) is 18.3. The SMILES string of the molecule is CCOC(=O)C1=C(COC(=O)C(C)N2C(=O)c3ccccc3C2=O)NC(=O)NC1c1cccs1. The minimum absolute atomic E-state index is 0.0588. The van der Waals surface area contributed by atoms with Crippen molar-refractivity contribution < 1.29 is 33.4 Å². The van der Waals surface area contributed by atoms with Gasteiger partial charge < -0.3 is 20.1 Å². The van der Waals surface area contributed by atoms with E-state index in [1.165, 1.54) is 30.4 Å². The molecular weight excluding hydrogens is 462 g/mol. The van der Waals surface area contributed by atoms with E-state index in [4.69, 9.17) is 9.47 Å². The van der Waals surface area contributed by atoms with Crippen molar-refractivity contribution in [2.75, 3.05) is 13.2 Å². The molecule has 3 heterocycles. The van der Waals surface area contributed by atoms with E-state index in [0.29, 0.717) is 4.88 Å². The zero-order chi connectivity index (χ0) is 24.4. The van der Waals surface area contributed by atoms with E-state index in [9.17, 15) is 24.0 Å². The number of hydrogen-bond donors (Lipinski definition) is 2. The van der Waals surface area contributed by atoms with Crippen molar-refractivity contribution in [1.82, 2.24) is 15.5 Å². The first-order chi connectivity index (χ1) is 16.3. The molecule has 2 atom stereocenters. The summed E-state index contributed by atoms with van der Waals surface area (Å²) in [5.74, 6) is -2.73. The van der Waals surface area contributed by atoms with Crippen molar-refractivity contribution in [3.63, 3.8) is 0 Å². The number of urea groups is 1. The topological polar surface area (TPSA) is 131 Å². The summed E-state index contributed by atoms with van der Waals surface area (Å²) in [5.41, 5.74) is 0.585. The number of fused-ring (bicyclic) bond motifs is 1. The lowest BCUT2D eigenvalue weighted by Gasteiger charge is -2.28. The predicted octanol–water partition coefficient (Wildman–Crippen LogP) is 2.15. The Morgan fingerprint density at radius 3 is 2.32 bits per heavy atom. The summed E-state index contributed by atoms with van der Waals surface area (Å²) in [7, 11) is 0. The van der Waals surface area contributed by atoms with Gasteiger partial charge in [-0.1, -0.05) is 18.2 Å². The number of ether oxygens (including phenoxy) is 2. The van der Waals surface area contributed by atoms with E-state index in [-0.39, 0.29) is 29.0 Å². The second kappa shape index (κ2) is 9.48. The average Bonchev–Trinajstić information content (AvgIpc) is 3.44. The van der Waals surface area contributed by atoms with Crippen molar-refractivity contribution in [3.8, 4) is 0 Å². The molecule has 2 unspecified atom stereocenters. The molecule has 2 N–H and O–H groups in total. The maximum absolute atomic E-state index is 12.8. The molecule has 4 amide bonds. The van der Waals surface area contributed by atoms with Crippen LogP contribution in [-0.4, -0.2) is 53.9 Å². The van der Waals surface area contributed by atoms with Crippen LogP contribution >= 0.6 is 11.3 Å². The van der Waals surface area contributed by atoms with Crippen LogP contribution in [0, 0.1) is 0 Å². The molecule has 0 saturated carbocycles. The number of thiophene rings is 1. The van der Waals surface area contributed by atoms with Crippen molar-refractivity contribution >= 4 is 41.1 Å². The van der Waals surface area contributed by atoms with Crippen LogP contribution in [0.15, 0.2) is 53.0 Å². The quantitative estimate of drug-likeness (QED) is 0.456. The summed E-state index contributed by atoms with van der Waals surface area (Å²) < 4.78 is 10.5. The molecule has 2 aliphatic heterocycles. The number of imide groups is 1. The van der Waals surface area contributed by atoms with E-state index in [1.54, 1.807) is 36.6 Å². The Bertz CT molecular complexity index is 1170. The van der Waals surface area contributed by atoms with Gasteiger partial charge in [-0.25, -0.2) is 14.4 Å². The Kier molecular flexibility index (Phi) is 6.46. The number of carbonyl (C=O) groups is 5. The lowest BCUT2D eigenvalue weighted by Crippen LogP contribution is -2.48. The predicted molar refractivity (Wildman–Crippen MR) is 120 cm³/mol. The van der Waals surface area contributed by atoms with Gasteiger partial charge in [0.15, 0.2) is 0 Å². The lowest BCUT2D eigenvalue weighted by molar-refractivity contribution is -0.147. The third-order valence-corrected chi connectivity index (χ3v) is 6.33. The molecule has 10 nitrogen and oxygen atoms in total. The highest BCUT2D eigenvalue weighted by Gasteiger charge is 2.41. The lowest BCUT2D eigenvalue weighted by atomic mass is 10.0. The third kappa shape index (κ3) is 4.17. The smallest absolute Gasteiger partial charge is 0.338 e. The molecule has 0 saturated heterocycles. The molecule has 4 rings (SSSR count). The van der Waals surface area contributed by atoms with Gasteiger partial charge in [0.1, 0.15) is 12.6 Å². The Morgan fingerprint density at radius 2 is 1.74 bits per heavy atom. The minimum atomic E-state index is -1.22. The monoisotopic (exact) mass is 483 g/mol. The van der Waals surface area contributed by atoms with Crippen LogP contribution in [0.3, 0.4) is 0 Å². The van der Waals surface area contributed by atoms with Gasteiger partial charge in [-0.05, 0) is 37.4 Å². The van der Waals surface area contributed by atoms with Gasteiger partial charge in [-0.2, -0.15) is 0 Å². The number of nitrogens with zero attached hydrogens (tertiary/aromatic N) is 1. The number of nitrogens with one attached hydrogen (secondary N) is 2. The summed E-state index contributed by atoms with van der Waals surface area (Å²) >= 11 is 1.34. The fourth-order valence-corrected chi connectivity index (χ4v) is 4.56. The second-order valence-electron chi connectivity index (χ2n) is 7.47. The first kappa shape index (κ1) is 23.2. The van der Waals surface area contributed by atoms with Crippen LogP contribution in [0.25, 0.3) is 0 Å². The maximum atomic E-state index is 12.8. The summed E-state index contributed by atoms with van der Waals surface area (Å²) in [5, 5.41) is 6.98. The number of hydrogen-bond acceptors (Lipinski definition) is 8. The molecule has 0 bridgehead atoms. The Labute approximate surface area is 198 Å². The molecule has 0 radical (unpaired) electrons. The van der Waals surface area contributed by atoms with E-state index >= 15 is 0 Å².